The second-order valence-corrected chi connectivity index (χ2v) is 31.1. The number of phosphoric acid groups is 2. The van der Waals surface area contributed by atoms with Gasteiger partial charge in [0.05, 0.1) is 26.4 Å². The van der Waals surface area contributed by atoms with Gasteiger partial charge in [0.15, 0.2) is 12.2 Å². The first-order valence-corrected chi connectivity index (χ1v) is 43.1. The average Bonchev–Trinajstić information content (AvgIpc) is 1.67. The molecule has 0 rings (SSSR count). The second-order valence-electron chi connectivity index (χ2n) is 28.2. The standard InChI is InChI=1S/C77H150O17P2/c1-6-9-12-15-18-21-23-25-26-27-28-29-35-39-43-48-53-58-63-77(82)94-73(67-88-75(80)61-56-51-46-41-37-34-31-30-33-36-40-44-49-54-59-70(4)5)69-92-96(85,86)90-65-71(78)64-89-95(83,84)91-68-72(66-87-74(79)60-55-50-45-20-17-14-11-8-3)93-76(81)62-57-52-47-42-38-32-24-22-19-16-13-10-7-2/h70-73,78H,6-69H2,1-5H3,(H,83,84)(H,85,86)/t71-,72+,73+/m0/s1. The minimum absolute atomic E-state index is 0.108. The smallest absolute Gasteiger partial charge is 0.462 e. The van der Waals surface area contributed by atoms with E-state index in [2.05, 4.69) is 34.6 Å². The lowest BCUT2D eigenvalue weighted by atomic mass is 10.0. The summed E-state index contributed by atoms with van der Waals surface area (Å²) in [5, 5.41) is 10.6. The molecule has 570 valence electrons. The number of unbranched alkanes of at least 4 members (excludes halogenated alkanes) is 49. The molecule has 0 saturated carbocycles. The molecule has 0 aromatic carbocycles. The Balaban J connectivity index is 5.21. The highest BCUT2D eigenvalue weighted by molar-refractivity contribution is 7.47. The number of aliphatic hydroxyl groups excluding tert-OH is 1. The van der Waals surface area contributed by atoms with Gasteiger partial charge >= 0.3 is 39.5 Å². The van der Waals surface area contributed by atoms with Crippen LogP contribution in [-0.4, -0.2) is 96.7 Å². The van der Waals surface area contributed by atoms with Crippen LogP contribution < -0.4 is 0 Å². The van der Waals surface area contributed by atoms with Gasteiger partial charge in [-0.05, 0) is 31.6 Å². The highest BCUT2D eigenvalue weighted by Gasteiger charge is 2.30. The van der Waals surface area contributed by atoms with Crippen LogP contribution in [0.4, 0.5) is 0 Å². The molecule has 2 unspecified atom stereocenters. The van der Waals surface area contributed by atoms with Crippen LogP contribution in [0.2, 0.25) is 0 Å². The van der Waals surface area contributed by atoms with Gasteiger partial charge in [-0.15, -0.1) is 0 Å². The van der Waals surface area contributed by atoms with E-state index >= 15 is 0 Å². The van der Waals surface area contributed by atoms with E-state index in [0.29, 0.717) is 25.7 Å². The number of carbonyl (C=O) groups excluding carboxylic acids is 4. The fourth-order valence-electron chi connectivity index (χ4n) is 11.9. The molecular formula is C77H150O17P2. The highest BCUT2D eigenvalue weighted by atomic mass is 31.2. The zero-order chi connectivity index (χ0) is 70.5. The van der Waals surface area contributed by atoms with Crippen molar-refractivity contribution in [3.8, 4) is 0 Å². The van der Waals surface area contributed by atoms with Crippen molar-refractivity contribution in [2.45, 2.75) is 425 Å². The zero-order valence-electron chi connectivity index (χ0n) is 62.5. The lowest BCUT2D eigenvalue weighted by Crippen LogP contribution is -2.30. The van der Waals surface area contributed by atoms with Crippen LogP contribution in [0.5, 0.6) is 0 Å². The first-order chi connectivity index (χ1) is 46.5. The van der Waals surface area contributed by atoms with Crippen LogP contribution in [0, 0.1) is 5.92 Å². The number of aliphatic hydroxyl groups is 1. The van der Waals surface area contributed by atoms with Crippen molar-refractivity contribution in [2.24, 2.45) is 5.92 Å². The summed E-state index contributed by atoms with van der Waals surface area (Å²) in [5.41, 5.74) is 0. The Morgan fingerprint density at radius 2 is 0.479 bits per heavy atom. The number of ether oxygens (including phenoxy) is 4. The van der Waals surface area contributed by atoms with Gasteiger partial charge in [0.25, 0.3) is 0 Å². The molecule has 19 heteroatoms. The molecule has 0 aliphatic carbocycles. The number of carbonyl (C=O) groups is 4. The minimum atomic E-state index is -4.96. The minimum Gasteiger partial charge on any atom is -0.462 e. The Kier molecular flexibility index (Phi) is 68.7. The lowest BCUT2D eigenvalue weighted by molar-refractivity contribution is -0.161. The Labute approximate surface area is 588 Å². The second kappa shape index (κ2) is 70.1. The predicted octanol–water partition coefficient (Wildman–Crippen LogP) is 22.9. The van der Waals surface area contributed by atoms with Crippen molar-refractivity contribution >= 4 is 39.5 Å². The predicted molar refractivity (Wildman–Crippen MR) is 391 cm³/mol. The van der Waals surface area contributed by atoms with Crippen molar-refractivity contribution in [3.05, 3.63) is 0 Å². The SMILES string of the molecule is CCCCCCCCCCCCCCCCCCCCC(=O)O[C@H](COC(=O)CCCCCCCCCCCCCCCCC(C)C)COP(=O)(O)OC[C@@H](O)COP(=O)(O)OC[C@@H](COC(=O)CCCCCCCCCC)OC(=O)CCCCCCCCCCCCCCC. The van der Waals surface area contributed by atoms with Crippen LogP contribution in [0.3, 0.4) is 0 Å². The Morgan fingerprint density at radius 3 is 0.708 bits per heavy atom. The number of hydrogen-bond donors (Lipinski definition) is 3. The van der Waals surface area contributed by atoms with Gasteiger partial charge in [-0.1, -0.05) is 356 Å². The molecule has 0 aliphatic rings. The normalized spacial score (nSPS) is 13.9. The molecule has 0 fully saturated rings. The third-order valence-electron chi connectivity index (χ3n) is 18.0. The summed E-state index contributed by atoms with van der Waals surface area (Å²) in [4.78, 5) is 72.8. The van der Waals surface area contributed by atoms with E-state index in [1.165, 1.54) is 225 Å². The molecule has 0 aromatic heterocycles. The molecular weight excluding hydrogens is 1260 g/mol. The molecule has 0 aliphatic heterocycles. The van der Waals surface area contributed by atoms with Gasteiger partial charge in [-0.25, -0.2) is 9.13 Å². The first-order valence-electron chi connectivity index (χ1n) is 40.1. The summed E-state index contributed by atoms with van der Waals surface area (Å²) in [6.45, 7) is 7.30. The van der Waals surface area contributed by atoms with Gasteiger partial charge in [-0.3, -0.25) is 37.3 Å². The fraction of sp³-hybridized carbons (Fsp3) is 0.948. The van der Waals surface area contributed by atoms with Crippen molar-refractivity contribution in [3.63, 3.8) is 0 Å². The quantitative estimate of drug-likeness (QED) is 0.0222. The van der Waals surface area contributed by atoms with Crippen LogP contribution in [0.1, 0.15) is 407 Å². The molecule has 0 radical (unpaired) electrons. The Bertz CT molecular complexity index is 1840. The maximum absolute atomic E-state index is 13.1. The van der Waals surface area contributed by atoms with Gasteiger partial charge in [0, 0.05) is 25.7 Å². The molecule has 3 N–H and O–H groups in total. The first kappa shape index (κ1) is 94.1. The summed E-state index contributed by atoms with van der Waals surface area (Å²) < 4.78 is 68.5. The maximum atomic E-state index is 13.1. The van der Waals surface area contributed by atoms with Crippen LogP contribution >= 0.6 is 15.6 Å². The van der Waals surface area contributed by atoms with Gasteiger partial charge in [0.2, 0.25) is 0 Å². The average molecular weight is 1410 g/mol. The third kappa shape index (κ3) is 70.5. The molecule has 96 heavy (non-hydrogen) atoms. The van der Waals surface area contributed by atoms with Crippen molar-refractivity contribution < 1.29 is 80.2 Å². The van der Waals surface area contributed by atoms with E-state index in [9.17, 15) is 43.2 Å². The van der Waals surface area contributed by atoms with Crippen LogP contribution in [0.15, 0.2) is 0 Å². The van der Waals surface area contributed by atoms with E-state index < -0.39 is 97.5 Å². The number of rotatable bonds is 77. The Morgan fingerprint density at radius 1 is 0.281 bits per heavy atom. The van der Waals surface area contributed by atoms with Gasteiger partial charge in [-0.2, -0.15) is 0 Å². The van der Waals surface area contributed by atoms with Gasteiger partial charge in [0.1, 0.15) is 19.3 Å². The monoisotopic (exact) mass is 1410 g/mol. The molecule has 0 heterocycles. The number of hydrogen-bond acceptors (Lipinski definition) is 15. The summed E-state index contributed by atoms with van der Waals surface area (Å²) in [5.74, 6) is -1.31. The van der Waals surface area contributed by atoms with E-state index in [4.69, 9.17) is 37.0 Å². The van der Waals surface area contributed by atoms with Gasteiger partial charge < -0.3 is 33.8 Å². The van der Waals surface area contributed by atoms with Crippen molar-refractivity contribution in [1.82, 2.24) is 0 Å². The van der Waals surface area contributed by atoms with E-state index in [-0.39, 0.29) is 25.7 Å². The summed E-state index contributed by atoms with van der Waals surface area (Å²) >= 11 is 0. The molecule has 0 amide bonds. The third-order valence-corrected chi connectivity index (χ3v) is 19.9. The molecule has 0 aromatic rings. The zero-order valence-corrected chi connectivity index (χ0v) is 64.3. The largest absolute Gasteiger partial charge is 0.472 e. The topological polar surface area (TPSA) is 237 Å². The van der Waals surface area contributed by atoms with Crippen molar-refractivity contribution in [2.75, 3.05) is 39.6 Å². The van der Waals surface area contributed by atoms with Crippen LogP contribution in [-0.2, 0) is 65.4 Å². The summed E-state index contributed by atoms with van der Waals surface area (Å²) in [7, 11) is -9.91. The fourth-order valence-corrected chi connectivity index (χ4v) is 13.5. The van der Waals surface area contributed by atoms with E-state index in [1.807, 2.05) is 0 Å². The number of phosphoric ester groups is 2. The summed E-state index contributed by atoms with van der Waals surface area (Å²) in [6, 6.07) is 0. The maximum Gasteiger partial charge on any atom is 0.472 e. The van der Waals surface area contributed by atoms with Crippen LogP contribution in [0.25, 0.3) is 0 Å². The van der Waals surface area contributed by atoms with Crippen molar-refractivity contribution in [1.29, 1.82) is 0 Å². The molecule has 0 spiro atoms. The van der Waals surface area contributed by atoms with E-state index in [0.717, 1.165) is 102 Å². The number of esters is 4. The molecule has 5 atom stereocenters. The summed E-state index contributed by atoms with van der Waals surface area (Å²) in [6.07, 6.45) is 59.6. The molecule has 0 saturated heterocycles. The molecule has 17 nitrogen and oxygen atoms in total. The molecule has 0 bridgehead atoms. The Hall–Kier alpha value is -1.94. The van der Waals surface area contributed by atoms with E-state index in [1.54, 1.807) is 0 Å². The lowest BCUT2D eigenvalue weighted by Gasteiger charge is -2.21. The highest BCUT2D eigenvalue weighted by Crippen LogP contribution is 2.45.